The molecular weight excluding hydrogens is 310 g/mol. The van der Waals surface area contributed by atoms with E-state index in [4.69, 9.17) is 16.3 Å². The lowest BCUT2D eigenvalue weighted by Crippen LogP contribution is -2.29. The Morgan fingerprint density at radius 2 is 1.70 bits per heavy atom. The molecular formula is C18H18ClN3O. The fourth-order valence-corrected chi connectivity index (χ4v) is 3.15. The number of H-pyrrole nitrogens is 1. The van der Waals surface area contributed by atoms with Crippen LogP contribution in [0, 0.1) is 0 Å². The minimum absolute atomic E-state index is 0.704. The fourth-order valence-electron chi connectivity index (χ4n) is 3.03. The maximum atomic E-state index is 5.93. The highest BCUT2D eigenvalue weighted by molar-refractivity contribution is 6.30. The Hall–Kier alpha value is -2.20. The zero-order valence-electron chi connectivity index (χ0n) is 12.8. The Bertz CT molecular complexity index is 807. The number of anilines is 1. The van der Waals surface area contributed by atoms with Gasteiger partial charge in [-0.1, -0.05) is 11.6 Å². The number of benzene rings is 2. The van der Waals surface area contributed by atoms with Gasteiger partial charge in [0.1, 0.15) is 11.5 Å². The summed E-state index contributed by atoms with van der Waals surface area (Å²) in [4.78, 5) is 2.36. The van der Waals surface area contributed by atoms with Crippen molar-refractivity contribution in [3.8, 4) is 11.5 Å². The maximum Gasteiger partial charge on any atom is 0.158 e. The zero-order chi connectivity index (χ0) is 15.6. The molecule has 0 radical (unpaired) electrons. The lowest BCUT2D eigenvalue weighted by molar-refractivity contribution is 0.483. The average molecular weight is 328 g/mol. The topological polar surface area (TPSA) is 41.1 Å². The van der Waals surface area contributed by atoms with Crippen molar-refractivity contribution in [1.82, 2.24) is 10.2 Å². The molecule has 1 aliphatic rings. The lowest BCUT2D eigenvalue weighted by atomic mass is 10.1. The van der Waals surface area contributed by atoms with Crippen molar-refractivity contribution in [2.45, 2.75) is 19.3 Å². The fraction of sp³-hybridized carbons (Fsp3) is 0.278. The first-order valence-corrected chi connectivity index (χ1v) is 8.34. The standard InChI is InChI=1S/C18H18ClN3O/c19-13-4-6-14(7-5-13)23-15-8-9-17-16(12-15)18(21-20-17)22-10-2-1-3-11-22/h4-9,12H,1-3,10-11H2,(H,20,21). The maximum absolute atomic E-state index is 5.93. The van der Waals surface area contributed by atoms with Crippen molar-refractivity contribution in [1.29, 1.82) is 0 Å². The van der Waals surface area contributed by atoms with Gasteiger partial charge in [0.05, 0.1) is 5.52 Å². The summed E-state index contributed by atoms with van der Waals surface area (Å²) in [7, 11) is 0. The molecule has 4 rings (SSSR count). The van der Waals surface area contributed by atoms with Crippen LogP contribution in [0.2, 0.25) is 5.02 Å². The van der Waals surface area contributed by atoms with Gasteiger partial charge in [-0.05, 0) is 61.7 Å². The van der Waals surface area contributed by atoms with E-state index in [-0.39, 0.29) is 0 Å². The van der Waals surface area contributed by atoms with Crippen molar-refractivity contribution in [2.75, 3.05) is 18.0 Å². The number of hydrogen-bond donors (Lipinski definition) is 1. The number of halogens is 1. The third-order valence-electron chi connectivity index (χ3n) is 4.22. The second kappa shape index (κ2) is 6.13. The Kier molecular flexibility index (Phi) is 3.83. The van der Waals surface area contributed by atoms with E-state index in [9.17, 15) is 0 Å². The van der Waals surface area contributed by atoms with Gasteiger partial charge in [0.15, 0.2) is 5.82 Å². The largest absolute Gasteiger partial charge is 0.457 e. The van der Waals surface area contributed by atoms with Crippen molar-refractivity contribution in [3.05, 3.63) is 47.5 Å². The van der Waals surface area contributed by atoms with E-state index >= 15 is 0 Å². The molecule has 1 fully saturated rings. The van der Waals surface area contributed by atoms with E-state index in [1.54, 1.807) is 0 Å². The molecule has 0 aliphatic carbocycles. The third kappa shape index (κ3) is 2.99. The van der Waals surface area contributed by atoms with Gasteiger partial charge >= 0.3 is 0 Å². The number of fused-ring (bicyclic) bond motifs is 1. The highest BCUT2D eigenvalue weighted by Gasteiger charge is 2.17. The average Bonchev–Trinajstić information content (AvgIpc) is 3.01. The molecule has 0 saturated carbocycles. The highest BCUT2D eigenvalue weighted by Crippen LogP contribution is 2.31. The summed E-state index contributed by atoms with van der Waals surface area (Å²) < 4.78 is 5.93. The van der Waals surface area contributed by atoms with Gasteiger partial charge in [-0.15, -0.1) is 0 Å². The van der Waals surface area contributed by atoms with Crippen LogP contribution in [0.25, 0.3) is 10.9 Å². The smallest absolute Gasteiger partial charge is 0.158 e. The second-order valence-electron chi connectivity index (χ2n) is 5.86. The van der Waals surface area contributed by atoms with Crippen LogP contribution in [0.3, 0.4) is 0 Å². The van der Waals surface area contributed by atoms with Crippen LogP contribution in [0.15, 0.2) is 42.5 Å². The lowest BCUT2D eigenvalue weighted by Gasteiger charge is -2.26. The van der Waals surface area contributed by atoms with Crippen LogP contribution >= 0.6 is 11.6 Å². The van der Waals surface area contributed by atoms with Crippen LogP contribution < -0.4 is 9.64 Å². The van der Waals surface area contributed by atoms with Gasteiger partial charge in [0, 0.05) is 23.5 Å². The first kappa shape index (κ1) is 14.4. The van der Waals surface area contributed by atoms with E-state index in [0.29, 0.717) is 5.02 Å². The summed E-state index contributed by atoms with van der Waals surface area (Å²) in [5, 5.41) is 9.44. The summed E-state index contributed by atoms with van der Waals surface area (Å²) in [6.45, 7) is 2.14. The molecule has 0 atom stereocenters. The van der Waals surface area contributed by atoms with E-state index in [1.165, 1.54) is 19.3 Å². The normalized spacial score (nSPS) is 15.1. The Morgan fingerprint density at radius 1 is 0.957 bits per heavy atom. The predicted molar refractivity (Wildman–Crippen MR) is 93.7 cm³/mol. The van der Waals surface area contributed by atoms with E-state index in [1.807, 2.05) is 36.4 Å². The van der Waals surface area contributed by atoms with Crippen molar-refractivity contribution >= 4 is 28.3 Å². The first-order valence-electron chi connectivity index (χ1n) is 7.96. The number of nitrogens with one attached hydrogen (secondary N) is 1. The van der Waals surface area contributed by atoms with Crippen molar-refractivity contribution in [2.24, 2.45) is 0 Å². The van der Waals surface area contributed by atoms with Gasteiger partial charge in [0.25, 0.3) is 0 Å². The summed E-state index contributed by atoms with van der Waals surface area (Å²) in [5.74, 6) is 2.61. The van der Waals surface area contributed by atoms with E-state index < -0.39 is 0 Å². The summed E-state index contributed by atoms with van der Waals surface area (Å²) >= 11 is 5.91. The molecule has 5 heteroatoms. The summed E-state index contributed by atoms with van der Waals surface area (Å²) in [5.41, 5.74) is 1.04. The molecule has 0 amide bonds. The Balaban J connectivity index is 1.64. The van der Waals surface area contributed by atoms with Crippen molar-refractivity contribution < 1.29 is 4.74 Å². The number of rotatable bonds is 3. The molecule has 118 valence electrons. The molecule has 23 heavy (non-hydrogen) atoms. The highest BCUT2D eigenvalue weighted by atomic mass is 35.5. The van der Waals surface area contributed by atoms with Crippen LogP contribution in [0.5, 0.6) is 11.5 Å². The number of aromatic nitrogens is 2. The Labute approximate surface area is 140 Å². The molecule has 1 saturated heterocycles. The quantitative estimate of drug-likeness (QED) is 0.736. The zero-order valence-corrected chi connectivity index (χ0v) is 13.5. The monoisotopic (exact) mass is 327 g/mol. The minimum Gasteiger partial charge on any atom is -0.457 e. The molecule has 3 aromatic rings. The van der Waals surface area contributed by atoms with Gasteiger partial charge < -0.3 is 9.64 Å². The SMILES string of the molecule is Clc1ccc(Oc2ccc3[nH]nc(N4CCCCC4)c3c2)cc1. The number of aromatic amines is 1. The van der Waals surface area contributed by atoms with Gasteiger partial charge in [-0.2, -0.15) is 5.10 Å². The van der Waals surface area contributed by atoms with Gasteiger partial charge in [-0.3, -0.25) is 5.10 Å². The summed E-state index contributed by atoms with van der Waals surface area (Å²) in [6.07, 6.45) is 3.77. The van der Waals surface area contributed by atoms with E-state index in [0.717, 1.165) is 41.3 Å². The number of nitrogens with zero attached hydrogens (tertiary/aromatic N) is 2. The van der Waals surface area contributed by atoms with Crippen LogP contribution in [-0.2, 0) is 0 Å². The first-order chi connectivity index (χ1) is 11.3. The third-order valence-corrected chi connectivity index (χ3v) is 4.47. The predicted octanol–water partition coefficient (Wildman–Crippen LogP) is 5.00. The number of hydrogen-bond acceptors (Lipinski definition) is 3. The molecule has 0 unspecified atom stereocenters. The molecule has 1 aromatic heterocycles. The number of piperidine rings is 1. The molecule has 2 aromatic carbocycles. The van der Waals surface area contributed by atoms with Crippen LogP contribution in [-0.4, -0.2) is 23.3 Å². The van der Waals surface area contributed by atoms with E-state index in [2.05, 4.69) is 21.2 Å². The molecule has 1 N–H and O–H groups in total. The van der Waals surface area contributed by atoms with Gasteiger partial charge in [0.2, 0.25) is 0 Å². The van der Waals surface area contributed by atoms with Gasteiger partial charge in [-0.25, -0.2) is 0 Å². The molecule has 0 spiro atoms. The molecule has 2 heterocycles. The molecule has 4 nitrogen and oxygen atoms in total. The second-order valence-corrected chi connectivity index (χ2v) is 6.29. The molecule has 0 bridgehead atoms. The molecule has 1 aliphatic heterocycles. The van der Waals surface area contributed by atoms with Crippen LogP contribution in [0.1, 0.15) is 19.3 Å². The summed E-state index contributed by atoms with van der Waals surface area (Å²) in [6, 6.07) is 13.4. The Morgan fingerprint density at radius 3 is 2.48 bits per heavy atom. The minimum atomic E-state index is 0.704. The van der Waals surface area contributed by atoms with Crippen molar-refractivity contribution in [3.63, 3.8) is 0 Å². The van der Waals surface area contributed by atoms with Crippen LogP contribution in [0.4, 0.5) is 5.82 Å². The number of ether oxygens (including phenoxy) is 1.